The number of carbonyl (C=O) groups excluding carboxylic acids is 1. The van der Waals surface area contributed by atoms with Crippen LogP contribution < -0.4 is 5.32 Å². The van der Waals surface area contributed by atoms with E-state index in [-0.39, 0.29) is 5.97 Å². The molecule has 1 unspecified atom stereocenters. The van der Waals surface area contributed by atoms with Crippen LogP contribution in [0, 0.1) is 0 Å². The average Bonchev–Trinajstić information content (AvgIpc) is 3.20. The highest BCUT2D eigenvalue weighted by Crippen LogP contribution is 2.37. The first-order valence-electron chi connectivity index (χ1n) is 10.7. The molecule has 1 aliphatic rings. The number of ether oxygens (including phenoxy) is 1. The Kier molecular flexibility index (Phi) is 7.63. The van der Waals surface area contributed by atoms with Crippen LogP contribution in [-0.2, 0) is 15.3 Å². The summed E-state index contributed by atoms with van der Waals surface area (Å²) in [4.78, 5) is 17.7. The minimum Gasteiger partial charge on any atom is -0.462 e. The van der Waals surface area contributed by atoms with Gasteiger partial charge in [0.05, 0.1) is 12.2 Å². The molecular weight excluding hydrogens is 479 g/mol. The number of nitrogens with zero attached hydrogens (tertiary/aromatic N) is 3. The monoisotopic (exact) mass is 502 g/mol. The molecule has 3 aromatic rings. The lowest BCUT2D eigenvalue weighted by molar-refractivity contribution is -0.139. The van der Waals surface area contributed by atoms with Gasteiger partial charge in [0.2, 0.25) is 11.1 Å². The molecule has 1 atom stereocenters. The van der Waals surface area contributed by atoms with E-state index >= 15 is 0 Å². The molecule has 1 aliphatic heterocycles. The summed E-state index contributed by atoms with van der Waals surface area (Å²) in [6, 6.07) is 14.6. The lowest BCUT2D eigenvalue weighted by Gasteiger charge is -2.28. The van der Waals surface area contributed by atoms with Gasteiger partial charge in [-0.15, -0.1) is 5.10 Å². The Labute approximate surface area is 207 Å². The maximum absolute atomic E-state index is 13.1. The molecule has 0 aliphatic carbocycles. The van der Waals surface area contributed by atoms with Crippen molar-refractivity contribution in [1.29, 1.82) is 0 Å². The molecule has 0 fully saturated rings. The van der Waals surface area contributed by atoms with E-state index < -0.39 is 6.04 Å². The molecule has 0 spiro atoms. The van der Waals surface area contributed by atoms with Crippen molar-refractivity contribution in [2.75, 3.05) is 11.9 Å². The minimum absolute atomic E-state index is 0.361. The van der Waals surface area contributed by atoms with Crippen molar-refractivity contribution in [3.05, 3.63) is 81.0 Å². The van der Waals surface area contributed by atoms with Crippen molar-refractivity contribution < 1.29 is 9.53 Å². The minimum atomic E-state index is -0.477. The summed E-state index contributed by atoms with van der Waals surface area (Å²) >= 11 is 13.9. The van der Waals surface area contributed by atoms with Crippen LogP contribution in [0.2, 0.25) is 10.0 Å². The molecular formula is C24H24Cl2N4O2S. The maximum atomic E-state index is 13.1. The summed E-state index contributed by atoms with van der Waals surface area (Å²) in [6.45, 7) is 4.29. The van der Waals surface area contributed by atoms with Gasteiger partial charge < -0.3 is 10.1 Å². The lowest BCUT2D eigenvalue weighted by Crippen LogP contribution is -2.29. The molecule has 6 nitrogen and oxygen atoms in total. The van der Waals surface area contributed by atoms with E-state index in [0.717, 1.165) is 24.0 Å². The van der Waals surface area contributed by atoms with Crippen LogP contribution >= 0.6 is 35.0 Å². The van der Waals surface area contributed by atoms with E-state index in [1.807, 2.05) is 43.3 Å². The summed E-state index contributed by atoms with van der Waals surface area (Å²) in [5.74, 6) is 0.839. The maximum Gasteiger partial charge on any atom is 0.338 e. The number of nitrogens with one attached hydrogen (secondary N) is 1. The van der Waals surface area contributed by atoms with Crippen LogP contribution in [0.5, 0.6) is 0 Å². The van der Waals surface area contributed by atoms with Crippen molar-refractivity contribution in [3.63, 3.8) is 0 Å². The Balaban J connectivity index is 1.66. The summed E-state index contributed by atoms with van der Waals surface area (Å²) < 4.78 is 7.30. The third-order valence-corrected chi connectivity index (χ3v) is 6.79. The molecule has 2 heterocycles. The van der Waals surface area contributed by atoms with Crippen LogP contribution in [0.25, 0.3) is 0 Å². The highest BCUT2D eigenvalue weighted by atomic mass is 35.5. The van der Waals surface area contributed by atoms with Gasteiger partial charge in [-0.1, -0.05) is 78.6 Å². The zero-order chi connectivity index (χ0) is 23.4. The molecule has 0 radical (unpaired) electrons. The van der Waals surface area contributed by atoms with Crippen LogP contribution in [0.15, 0.2) is 65.0 Å². The predicted molar refractivity (Wildman–Crippen MR) is 133 cm³/mol. The third kappa shape index (κ3) is 5.37. The number of benzene rings is 2. The van der Waals surface area contributed by atoms with E-state index in [0.29, 0.717) is 44.8 Å². The van der Waals surface area contributed by atoms with E-state index in [1.54, 1.807) is 16.8 Å². The second-order valence-electron chi connectivity index (χ2n) is 7.65. The number of unbranched alkanes of at least 4 members (excludes halogenated alkanes) is 1. The number of fused-ring (bicyclic) bond motifs is 1. The van der Waals surface area contributed by atoms with Gasteiger partial charge in [-0.2, -0.15) is 4.98 Å². The fourth-order valence-corrected chi connectivity index (χ4v) is 4.80. The predicted octanol–water partition coefficient (Wildman–Crippen LogP) is 6.51. The first-order chi connectivity index (χ1) is 16.0. The van der Waals surface area contributed by atoms with Crippen molar-refractivity contribution in [2.45, 2.75) is 43.6 Å². The number of allylic oxidation sites excluding steroid dienone is 1. The topological polar surface area (TPSA) is 69.0 Å². The highest BCUT2D eigenvalue weighted by Gasteiger charge is 2.35. The van der Waals surface area contributed by atoms with E-state index in [4.69, 9.17) is 33.0 Å². The Morgan fingerprint density at radius 2 is 1.94 bits per heavy atom. The van der Waals surface area contributed by atoms with Gasteiger partial charge in [0.1, 0.15) is 6.04 Å². The van der Waals surface area contributed by atoms with Crippen molar-refractivity contribution >= 4 is 46.9 Å². The van der Waals surface area contributed by atoms with Crippen LogP contribution in [0.3, 0.4) is 0 Å². The van der Waals surface area contributed by atoms with Crippen LogP contribution in [0.4, 0.5) is 5.95 Å². The zero-order valence-electron chi connectivity index (χ0n) is 18.3. The summed E-state index contributed by atoms with van der Waals surface area (Å²) in [5.41, 5.74) is 3.08. The Morgan fingerprint density at radius 3 is 2.67 bits per heavy atom. The van der Waals surface area contributed by atoms with Gasteiger partial charge in [-0.3, -0.25) is 0 Å². The first kappa shape index (κ1) is 23.7. The molecule has 0 amide bonds. The number of rotatable bonds is 8. The lowest BCUT2D eigenvalue weighted by atomic mass is 9.96. The second-order valence-corrected chi connectivity index (χ2v) is 9.44. The summed E-state index contributed by atoms with van der Waals surface area (Å²) in [7, 11) is 0. The SMILES string of the molecule is CCCCOC(=O)C1=C(C)Nc2nc(SCc3ccccc3Cl)nn2C1c1ccc(Cl)cc1. The molecule has 1 aromatic heterocycles. The average molecular weight is 503 g/mol. The van der Waals surface area contributed by atoms with Crippen molar-refractivity contribution in [2.24, 2.45) is 0 Å². The number of hydrogen-bond acceptors (Lipinski definition) is 6. The molecule has 9 heteroatoms. The fourth-order valence-electron chi connectivity index (χ4n) is 3.55. The van der Waals surface area contributed by atoms with Gasteiger partial charge in [-0.25, -0.2) is 9.48 Å². The summed E-state index contributed by atoms with van der Waals surface area (Å²) in [6.07, 6.45) is 1.76. The summed E-state index contributed by atoms with van der Waals surface area (Å²) in [5, 5.41) is 9.87. The van der Waals surface area contributed by atoms with E-state index in [1.165, 1.54) is 11.8 Å². The normalized spacial score (nSPS) is 15.2. The number of halogens is 2. The third-order valence-electron chi connectivity index (χ3n) is 5.28. The highest BCUT2D eigenvalue weighted by molar-refractivity contribution is 7.98. The Bertz CT molecular complexity index is 1180. The zero-order valence-corrected chi connectivity index (χ0v) is 20.7. The van der Waals surface area contributed by atoms with Crippen molar-refractivity contribution in [3.8, 4) is 0 Å². The number of aromatic nitrogens is 3. The van der Waals surface area contributed by atoms with Crippen LogP contribution in [0.1, 0.15) is 43.9 Å². The first-order valence-corrected chi connectivity index (χ1v) is 12.4. The Morgan fingerprint density at radius 1 is 1.18 bits per heavy atom. The van der Waals surface area contributed by atoms with E-state index in [9.17, 15) is 4.79 Å². The largest absolute Gasteiger partial charge is 0.462 e. The van der Waals surface area contributed by atoms with Gasteiger partial charge in [-0.05, 0) is 42.7 Å². The van der Waals surface area contributed by atoms with Gasteiger partial charge in [0, 0.05) is 21.5 Å². The van der Waals surface area contributed by atoms with E-state index in [2.05, 4.69) is 17.2 Å². The number of esters is 1. The van der Waals surface area contributed by atoms with Crippen molar-refractivity contribution in [1.82, 2.24) is 14.8 Å². The van der Waals surface area contributed by atoms with Crippen LogP contribution in [-0.4, -0.2) is 27.3 Å². The fraction of sp³-hybridized carbons (Fsp3) is 0.292. The molecule has 4 rings (SSSR count). The number of carbonyl (C=O) groups is 1. The second kappa shape index (κ2) is 10.6. The van der Waals surface area contributed by atoms with Gasteiger partial charge in [0.15, 0.2) is 0 Å². The molecule has 0 saturated carbocycles. The molecule has 33 heavy (non-hydrogen) atoms. The molecule has 2 aromatic carbocycles. The number of anilines is 1. The van der Waals surface area contributed by atoms with Gasteiger partial charge >= 0.3 is 5.97 Å². The van der Waals surface area contributed by atoms with Gasteiger partial charge in [0.25, 0.3) is 0 Å². The Hall–Kier alpha value is -2.48. The number of thioether (sulfide) groups is 1. The quantitative estimate of drug-likeness (QED) is 0.215. The number of hydrogen-bond donors (Lipinski definition) is 1. The smallest absolute Gasteiger partial charge is 0.338 e. The molecule has 1 N–H and O–H groups in total. The molecule has 172 valence electrons. The standard InChI is InChI=1S/C24H24Cl2N4O2S/c1-3-4-13-32-22(31)20-15(2)27-23-28-24(33-14-17-7-5-6-8-19(17)26)29-30(23)21(20)16-9-11-18(25)12-10-16/h5-12,21H,3-4,13-14H2,1-2H3,(H,27,28,29). The molecule has 0 saturated heterocycles. The molecule has 0 bridgehead atoms.